The maximum absolute atomic E-state index is 13.0. The van der Waals surface area contributed by atoms with Gasteiger partial charge in [-0.05, 0) is 74.7 Å². The number of fused-ring (bicyclic) bond motifs is 1. The first-order valence-corrected chi connectivity index (χ1v) is 13.1. The van der Waals surface area contributed by atoms with Gasteiger partial charge in [0.05, 0.1) is 23.6 Å². The van der Waals surface area contributed by atoms with E-state index >= 15 is 0 Å². The molecule has 0 aliphatic carbocycles. The van der Waals surface area contributed by atoms with E-state index in [1.807, 2.05) is 63.2 Å². The number of anilines is 3. The molecule has 0 saturated heterocycles. The lowest BCUT2D eigenvalue weighted by atomic mass is 9.85. The maximum Gasteiger partial charge on any atom is 0.255 e. The van der Waals surface area contributed by atoms with Gasteiger partial charge in [-0.2, -0.15) is 5.26 Å². The second-order valence-electron chi connectivity index (χ2n) is 9.22. The van der Waals surface area contributed by atoms with Crippen LogP contribution in [-0.4, -0.2) is 27.8 Å². The first kappa shape index (κ1) is 26.1. The highest BCUT2D eigenvalue weighted by Gasteiger charge is 2.21. The molecule has 2 N–H and O–H groups in total. The molecule has 1 heterocycles. The van der Waals surface area contributed by atoms with Crippen molar-refractivity contribution in [3.63, 3.8) is 0 Å². The van der Waals surface area contributed by atoms with Crippen molar-refractivity contribution in [2.75, 3.05) is 22.6 Å². The smallest absolute Gasteiger partial charge is 0.255 e. The molecule has 0 atom stereocenters. The Morgan fingerprint density at radius 2 is 1.95 bits per heavy atom. The molecule has 8 heteroatoms. The zero-order valence-electron chi connectivity index (χ0n) is 21.0. The van der Waals surface area contributed by atoms with Crippen LogP contribution in [-0.2, 0) is 5.41 Å². The highest BCUT2D eigenvalue weighted by molar-refractivity contribution is 9.09. The number of nitrogens with one attached hydrogen (secondary N) is 2. The number of ether oxygens (including phenoxy) is 1. The van der Waals surface area contributed by atoms with Crippen LogP contribution in [0.1, 0.15) is 41.8 Å². The van der Waals surface area contributed by atoms with Crippen molar-refractivity contribution in [2.45, 2.75) is 32.6 Å². The summed E-state index contributed by atoms with van der Waals surface area (Å²) in [5, 5.41) is 17.5. The van der Waals surface area contributed by atoms with Crippen LogP contribution < -0.4 is 15.4 Å². The first-order valence-electron chi connectivity index (χ1n) is 11.9. The molecule has 1 aromatic heterocycles. The zero-order valence-corrected chi connectivity index (χ0v) is 22.6. The summed E-state index contributed by atoms with van der Waals surface area (Å²) >= 11 is 3.41. The Morgan fingerprint density at radius 1 is 1.11 bits per heavy atom. The van der Waals surface area contributed by atoms with Crippen molar-refractivity contribution in [1.82, 2.24) is 9.97 Å². The molecule has 0 aliphatic rings. The van der Waals surface area contributed by atoms with Crippen LogP contribution in [0.25, 0.3) is 10.9 Å². The summed E-state index contributed by atoms with van der Waals surface area (Å²) in [7, 11) is 0. The number of carbonyl (C=O) groups excluding carboxylic acids is 1. The quantitative estimate of drug-likeness (QED) is 0.171. The highest BCUT2D eigenvalue weighted by Crippen LogP contribution is 2.29. The van der Waals surface area contributed by atoms with E-state index in [9.17, 15) is 10.1 Å². The molecule has 0 bridgehead atoms. The van der Waals surface area contributed by atoms with E-state index in [1.54, 1.807) is 18.2 Å². The van der Waals surface area contributed by atoms with Crippen LogP contribution in [0.15, 0.2) is 67.0 Å². The molecule has 37 heavy (non-hydrogen) atoms. The Labute approximate surface area is 225 Å². The van der Waals surface area contributed by atoms with E-state index < -0.39 is 5.41 Å². The molecule has 3 aromatic carbocycles. The lowest BCUT2D eigenvalue weighted by Gasteiger charge is -2.17. The molecular weight excluding hydrogens is 530 g/mol. The Kier molecular flexibility index (Phi) is 8.04. The van der Waals surface area contributed by atoms with E-state index in [2.05, 4.69) is 42.6 Å². The van der Waals surface area contributed by atoms with Gasteiger partial charge in [0.2, 0.25) is 0 Å². The van der Waals surface area contributed by atoms with Crippen molar-refractivity contribution >= 4 is 49.9 Å². The molecule has 1 amide bonds. The Balaban J connectivity index is 1.55. The number of aryl methyl sites for hydroxylation is 1. The number of hydrogen-bond acceptors (Lipinski definition) is 6. The number of alkyl halides is 1. The number of rotatable bonds is 9. The van der Waals surface area contributed by atoms with Gasteiger partial charge >= 0.3 is 0 Å². The average molecular weight is 558 g/mol. The average Bonchev–Trinajstić information content (AvgIpc) is 2.91. The maximum atomic E-state index is 13.0. The number of nitriles is 1. The van der Waals surface area contributed by atoms with Crippen molar-refractivity contribution in [2.24, 2.45) is 0 Å². The third-order valence-corrected chi connectivity index (χ3v) is 6.59. The van der Waals surface area contributed by atoms with Crippen LogP contribution in [0.2, 0.25) is 0 Å². The molecule has 4 rings (SSSR count). The summed E-state index contributed by atoms with van der Waals surface area (Å²) in [6, 6.07) is 20.9. The summed E-state index contributed by atoms with van der Waals surface area (Å²) in [5.41, 5.74) is 3.83. The van der Waals surface area contributed by atoms with E-state index in [0.29, 0.717) is 23.7 Å². The van der Waals surface area contributed by atoms with Gasteiger partial charge in [-0.3, -0.25) is 4.79 Å². The van der Waals surface area contributed by atoms with Gasteiger partial charge in [0.1, 0.15) is 17.9 Å². The molecule has 7 nitrogen and oxygen atoms in total. The zero-order chi connectivity index (χ0) is 26.4. The molecular formula is C29H28BrN5O2. The van der Waals surface area contributed by atoms with Gasteiger partial charge in [0, 0.05) is 33.7 Å². The first-order chi connectivity index (χ1) is 17.8. The summed E-state index contributed by atoms with van der Waals surface area (Å²) in [6.07, 6.45) is 2.44. The number of hydrogen-bond donors (Lipinski definition) is 2. The summed E-state index contributed by atoms with van der Waals surface area (Å²) in [6.45, 7) is 6.28. The van der Waals surface area contributed by atoms with Crippen molar-refractivity contribution in [3.05, 3.63) is 83.7 Å². The number of halogens is 1. The number of carbonyl (C=O) groups is 1. The van der Waals surface area contributed by atoms with Gasteiger partial charge in [0.25, 0.3) is 5.91 Å². The Bertz CT molecular complexity index is 1480. The van der Waals surface area contributed by atoms with Crippen LogP contribution >= 0.6 is 15.9 Å². The molecule has 0 spiro atoms. The Morgan fingerprint density at radius 3 is 2.73 bits per heavy atom. The largest absolute Gasteiger partial charge is 0.493 e. The molecule has 0 saturated carbocycles. The van der Waals surface area contributed by atoms with Gasteiger partial charge in [-0.25, -0.2) is 9.97 Å². The Hall–Kier alpha value is -3.96. The minimum absolute atomic E-state index is 0.245. The van der Waals surface area contributed by atoms with Crippen LogP contribution in [0.4, 0.5) is 17.2 Å². The monoisotopic (exact) mass is 557 g/mol. The fourth-order valence-electron chi connectivity index (χ4n) is 3.75. The van der Waals surface area contributed by atoms with Gasteiger partial charge in [-0.15, -0.1) is 0 Å². The number of benzene rings is 3. The molecule has 0 radical (unpaired) electrons. The summed E-state index contributed by atoms with van der Waals surface area (Å²) in [5.74, 6) is 1.18. The van der Waals surface area contributed by atoms with E-state index in [1.165, 1.54) is 6.33 Å². The van der Waals surface area contributed by atoms with Gasteiger partial charge in [0.15, 0.2) is 0 Å². The third-order valence-electron chi connectivity index (χ3n) is 6.03. The number of nitrogens with zero attached hydrogens (tertiary/aromatic N) is 3. The molecule has 4 aromatic rings. The number of aromatic nitrogens is 2. The standard InChI is InChI=1S/C29H28BrN5O2/c1-19-8-9-22(34-28(36)20-6-4-7-21(14-20)29(2,3)17-31)15-25(19)35-27-24-11-10-23(37-13-5-12-30)16-26(24)32-18-33-27/h4,6-11,14-16,18H,5,12-13H2,1-3H3,(H,34,36)(H,32,33,35). The third kappa shape index (κ3) is 6.25. The van der Waals surface area contributed by atoms with Crippen LogP contribution in [0.3, 0.4) is 0 Å². The SMILES string of the molecule is Cc1ccc(NC(=O)c2cccc(C(C)(C)C#N)c2)cc1Nc1ncnc2cc(OCCCBr)ccc12. The van der Waals surface area contributed by atoms with Crippen LogP contribution in [0, 0.1) is 18.3 Å². The highest BCUT2D eigenvalue weighted by atomic mass is 79.9. The topological polar surface area (TPSA) is 99.9 Å². The predicted molar refractivity (Wildman–Crippen MR) is 151 cm³/mol. The van der Waals surface area contributed by atoms with E-state index in [0.717, 1.165) is 45.2 Å². The lowest BCUT2D eigenvalue weighted by molar-refractivity contribution is 0.102. The van der Waals surface area contributed by atoms with Crippen LogP contribution in [0.5, 0.6) is 5.75 Å². The van der Waals surface area contributed by atoms with Gasteiger partial charge < -0.3 is 15.4 Å². The fraction of sp³-hybridized carbons (Fsp3) is 0.241. The van der Waals surface area contributed by atoms with Crippen molar-refractivity contribution in [3.8, 4) is 11.8 Å². The molecule has 0 fully saturated rings. The second-order valence-corrected chi connectivity index (χ2v) is 10.0. The summed E-state index contributed by atoms with van der Waals surface area (Å²) in [4.78, 5) is 21.8. The van der Waals surface area contributed by atoms with Crippen molar-refractivity contribution < 1.29 is 9.53 Å². The normalized spacial score (nSPS) is 11.1. The fourth-order valence-corrected chi connectivity index (χ4v) is 3.98. The molecule has 0 unspecified atom stereocenters. The van der Waals surface area contributed by atoms with E-state index in [-0.39, 0.29) is 5.91 Å². The minimum Gasteiger partial charge on any atom is -0.493 e. The number of amides is 1. The lowest BCUT2D eigenvalue weighted by Crippen LogP contribution is -2.17. The minimum atomic E-state index is -0.682. The summed E-state index contributed by atoms with van der Waals surface area (Å²) < 4.78 is 5.79. The van der Waals surface area contributed by atoms with E-state index in [4.69, 9.17) is 4.74 Å². The predicted octanol–water partition coefficient (Wildman–Crippen LogP) is 6.90. The van der Waals surface area contributed by atoms with Crippen molar-refractivity contribution in [1.29, 1.82) is 5.26 Å². The molecule has 188 valence electrons. The second kappa shape index (κ2) is 11.4. The molecule has 0 aliphatic heterocycles. The van der Waals surface area contributed by atoms with Gasteiger partial charge in [-0.1, -0.05) is 34.1 Å².